The van der Waals surface area contributed by atoms with Crippen LogP contribution >= 0.6 is 0 Å². The van der Waals surface area contributed by atoms with Crippen LogP contribution in [-0.2, 0) is 4.74 Å². The Bertz CT molecular complexity index is 472. The van der Waals surface area contributed by atoms with Gasteiger partial charge in [-0.1, -0.05) is 12.8 Å². The van der Waals surface area contributed by atoms with E-state index < -0.39 is 18.2 Å². The third-order valence-corrected chi connectivity index (χ3v) is 2.55. The zero-order valence-corrected chi connectivity index (χ0v) is 9.85. The second kappa shape index (κ2) is 5.92. The monoisotopic (exact) mass is 249 g/mol. The fourth-order valence-corrected chi connectivity index (χ4v) is 1.26. The number of nitroso groups, excluding NO2 is 1. The van der Waals surface area contributed by atoms with E-state index in [-0.39, 0.29) is 17.7 Å². The first-order chi connectivity index (χ1) is 8.60. The van der Waals surface area contributed by atoms with Crippen molar-refractivity contribution in [1.29, 1.82) is 0 Å². The minimum Gasteiger partial charge on any atom is -0.439 e. The predicted octanol–water partition coefficient (Wildman–Crippen LogP) is 2.99. The van der Waals surface area contributed by atoms with Gasteiger partial charge in [0.25, 0.3) is 0 Å². The van der Waals surface area contributed by atoms with Gasteiger partial charge in [0.15, 0.2) is 5.60 Å². The second-order valence-corrected chi connectivity index (χ2v) is 3.65. The van der Waals surface area contributed by atoms with E-state index in [0.717, 1.165) is 0 Å². The number of carbonyl (C=O) groups is 1. The molecule has 18 heavy (non-hydrogen) atoms. The molecule has 0 aliphatic heterocycles. The Morgan fingerprint density at radius 2 is 2.11 bits per heavy atom. The lowest BCUT2D eigenvalue weighted by molar-refractivity contribution is -0.00321. The van der Waals surface area contributed by atoms with E-state index in [1.807, 2.05) is 0 Å². The van der Waals surface area contributed by atoms with Crippen LogP contribution in [-0.4, -0.2) is 18.2 Å². The van der Waals surface area contributed by atoms with E-state index in [9.17, 15) is 14.1 Å². The van der Waals surface area contributed by atoms with Crippen molar-refractivity contribution in [1.82, 2.24) is 0 Å². The molecule has 0 N–H and O–H groups in total. The molecule has 0 aliphatic rings. The van der Waals surface area contributed by atoms with Crippen molar-refractivity contribution >= 4 is 11.7 Å². The minimum absolute atomic E-state index is 0.180. The number of hydrogen-bond acceptors (Lipinski definition) is 4. The Balaban J connectivity index is 2.87. The molecule has 0 radical (unpaired) electrons. The van der Waals surface area contributed by atoms with Crippen molar-refractivity contribution in [2.45, 2.75) is 18.9 Å². The van der Waals surface area contributed by atoms with E-state index in [1.54, 1.807) is 6.92 Å². The van der Waals surface area contributed by atoms with Crippen molar-refractivity contribution in [2.24, 2.45) is 5.18 Å². The maximum absolute atomic E-state index is 12.8. The number of esters is 1. The summed E-state index contributed by atoms with van der Waals surface area (Å²) in [6.07, 6.45) is 5.36. The number of ether oxygens (including phenoxy) is 1. The first-order valence-corrected chi connectivity index (χ1v) is 5.31. The summed E-state index contributed by atoms with van der Waals surface area (Å²) in [6.45, 7) is 0.686. The number of terminal acetylenes is 1. The molecule has 1 unspecified atom stereocenters. The van der Waals surface area contributed by atoms with Gasteiger partial charge in [0, 0.05) is 0 Å². The van der Waals surface area contributed by atoms with Crippen LogP contribution in [0.1, 0.15) is 23.7 Å². The third-order valence-electron chi connectivity index (χ3n) is 2.55. The highest BCUT2D eigenvalue weighted by Gasteiger charge is 2.30. The van der Waals surface area contributed by atoms with E-state index in [4.69, 9.17) is 11.2 Å². The molecular weight excluding hydrogens is 237 g/mol. The smallest absolute Gasteiger partial charge is 0.339 e. The van der Waals surface area contributed by atoms with Gasteiger partial charge < -0.3 is 4.74 Å². The molecule has 1 rings (SSSR count). The normalized spacial score (nSPS) is 13.2. The molecule has 0 saturated heterocycles. The third kappa shape index (κ3) is 2.92. The zero-order valence-electron chi connectivity index (χ0n) is 9.85. The average Bonchev–Trinajstić information content (AvgIpc) is 2.45. The fraction of sp³-hybridized carbons (Fsp3) is 0.308. The van der Waals surface area contributed by atoms with Crippen LogP contribution in [0.5, 0.6) is 0 Å². The maximum Gasteiger partial charge on any atom is 0.339 e. The van der Waals surface area contributed by atoms with Gasteiger partial charge in [0.1, 0.15) is 12.4 Å². The molecule has 0 fully saturated rings. The number of halogens is 1. The van der Waals surface area contributed by atoms with Gasteiger partial charge >= 0.3 is 5.97 Å². The summed E-state index contributed by atoms with van der Waals surface area (Å²) in [5.74, 6) is 1.42. The zero-order chi connectivity index (χ0) is 13.6. The van der Waals surface area contributed by atoms with Crippen LogP contribution in [0.4, 0.5) is 10.1 Å². The summed E-state index contributed by atoms with van der Waals surface area (Å²) >= 11 is 0. The van der Waals surface area contributed by atoms with Crippen LogP contribution in [0, 0.1) is 17.3 Å². The van der Waals surface area contributed by atoms with E-state index in [0.29, 0.717) is 0 Å². The average molecular weight is 249 g/mol. The first-order valence-electron chi connectivity index (χ1n) is 5.31. The predicted molar refractivity (Wildman–Crippen MR) is 65.1 cm³/mol. The van der Waals surface area contributed by atoms with Crippen LogP contribution < -0.4 is 0 Å². The van der Waals surface area contributed by atoms with Crippen LogP contribution in [0.2, 0.25) is 0 Å². The van der Waals surface area contributed by atoms with Gasteiger partial charge in [-0.3, -0.25) is 0 Å². The molecule has 4 nitrogen and oxygen atoms in total. The summed E-state index contributed by atoms with van der Waals surface area (Å²) in [7, 11) is 0. The Kier molecular flexibility index (Phi) is 4.55. The second-order valence-electron chi connectivity index (χ2n) is 3.65. The Morgan fingerprint density at radius 3 is 2.50 bits per heavy atom. The van der Waals surface area contributed by atoms with Crippen LogP contribution in [0.15, 0.2) is 29.4 Å². The summed E-state index contributed by atoms with van der Waals surface area (Å²) in [5, 5.41) is 2.70. The number of carbonyl (C=O) groups excluding carboxylic acids is 1. The van der Waals surface area contributed by atoms with E-state index >= 15 is 0 Å². The molecule has 0 saturated carbocycles. The summed E-state index contributed by atoms with van der Waals surface area (Å²) in [4.78, 5) is 22.0. The lowest BCUT2D eigenvalue weighted by Crippen LogP contribution is -2.35. The summed E-state index contributed by atoms with van der Waals surface area (Å²) in [5.41, 5.74) is -1.15. The Hall–Kier alpha value is -2.22. The van der Waals surface area contributed by atoms with Crippen LogP contribution in [0.25, 0.3) is 0 Å². The van der Waals surface area contributed by atoms with Crippen molar-refractivity contribution in [3.8, 4) is 12.3 Å². The summed E-state index contributed by atoms with van der Waals surface area (Å²) in [6, 6.07) is 5.47. The van der Waals surface area contributed by atoms with Gasteiger partial charge in [-0.2, -0.15) is 0 Å². The van der Waals surface area contributed by atoms with E-state index in [1.165, 1.54) is 24.3 Å². The molecule has 0 aliphatic carbocycles. The number of alkyl halides is 1. The lowest BCUT2D eigenvalue weighted by Gasteiger charge is -2.23. The van der Waals surface area contributed by atoms with Gasteiger partial charge in [-0.25, -0.2) is 9.18 Å². The van der Waals surface area contributed by atoms with Gasteiger partial charge in [-0.15, -0.1) is 11.3 Å². The molecule has 0 aromatic heterocycles. The molecular formula is C13H12FNO3. The molecule has 0 amide bonds. The van der Waals surface area contributed by atoms with Gasteiger partial charge in [0.05, 0.1) is 5.56 Å². The van der Waals surface area contributed by atoms with Gasteiger partial charge in [0.2, 0.25) is 0 Å². The molecule has 1 aromatic carbocycles. The fourth-order valence-electron chi connectivity index (χ4n) is 1.26. The summed E-state index contributed by atoms with van der Waals surface area (Å²) < 4.78 is 17.8. The highest BCUT2D eigenvalue weighted by molar-refractivity contribution is 5.90. The molecule has 94 valence electrons. The molecule has 0 heterocycles. The number of rotatable bonds is 5. The lowest BCUT2D eigenvalue weighted by atomic mass is 10.0. The van der Waals surface area contributed by atoms with Crippen molar-refractivity contribution in [3.63, 3.8) is 0 Å². The standard InChI is InChI=1S/C13H12FNO3/c1-3-13(4-2,9-14)18-12(16)10-5-7-11(15-17)8-6-10/h1,5-8H,4,9H2,2H3. The highest BCUT2D eigenvalue weighted by Crippen LogP contribution is 2.19. The molecule has 0 bridgehead atoms. The van der Waals surface area contributed by atoms with Crippen molar-refractivity contribution in [3.05, 3.63) is 34.7 Å². The molecule has 1 aromatic rings. The van der Waals surface area contributed by atoms with Gasteiger partial charge in [-0.05, 0) is 35.9 Å². The topological polar surface area (TPSA) is 55.7 Å². The Morgan fingerprint density at radius 1 is 1.50 bits per heavy atom. The Labute approximate surface area is 104 Å². The molecule has 0 spiro atoms. The minimum atomic E-state index is -1.53. The van der Waals surface area contributed by atoms with Crippen molar-refractivity contribution < 1.29 is 13.9 Å². The number of nitrogens with zero attached hydrogens (tertiary/aromatic N) is 1. The molecule has 1 atom stereocenters. The number of benzene rings is 1. The quantitative estimate of drug-likeness (QED) is 0.458. The highest BCUT2D eigenvalue weighted by atomic mass is 19.1. The number of hydrogen-bond donors (Lipinski definition) is 0. The maximum atomic E-state index is 12.8. The van der Waals surface area contributed by atoms with Crippen LogP contribution in [0.3, 0.4) is 0 Å². The van der Waals surface area contributed by atoms with E-state index in [2.05, 4.69) is 11.1 Å². The molecule has 5 heteroatoms. The van der Waals surface area contributed by atoms with Crippen molar-refractivity contribution in [2.75, 3.05) is 6.67 Å². The SMILES string of the molecule is C#CC(CC)(CF)OC(=O)c1ccc(N=O)cc1. The largest absolute Gasteiger partial charge is 0.439 e. The first kappa shape index (κ1) is 13.8.